The first-order valence-corrected chi connectivity index (χ1v) is 9.71. The molecule has 2 saturated heterocycles. The molecule has 2 aliphatic heterocycles. The second-order valence-electron chi connectivity index (χ2n) is 8.03. The number of fused-ring (bicyclic) bond motifs is 1. The number of aliphatic hydroxyl groups is 1. The third-order valence-corrected chi connectivity index (χ3v) is 6.17. The SMILES string of the molecule is Cc1nccn1CCC(=O)N1CC2CN(C(=O)c3cncc(O)c3)CC2(CO)C1. The maximum atomic E-state index is 12.8. The molecule has 0 radical (unpaired) electrons. The van der Waals surface area contributed by atoms with Crippen LogP contribution in [0.3, 0.4) is 0 Å². The van der Waals surface area contributed by atoms with Gasteiger partial charge in [0.1, 0.15) is 11.6 Å². The molecule has 4 heterocycles. The third-order valence-electron chi connectivity index (χ3n) is 6.17. The van der Waals surface area contributed by atoms with E-state index in [1.165, 1.54) is 18.5 Å². The molecule has 4 rings (SSSR count). The number of aromatic nitrogens is 3. The average Bonchev–Trinajstić information content (AvgIpc) is 3.37. The highest BCUT2D eigenvalue weighted by atomic mass is 16.3. The molecule has 2 atom stereocenters. The molecule has 0 aliphatic carbocycles. The molecule has 2 aromatic heterocycles. The van der Waals surface area contributed by atoms with Gasteiger partial charge in [-0.05, 0) is 13.0 Å². The lowest BCUT2D eigenvalue weighted by molar-refractivity contribution is -0.131. The van der Waals surface area contributed by atoms with Gasteiger partial charge in [0.15, 0.2) is 0 Å². The minimum atomic E-state index is -0.500. The number of likely N-dealkylation sites (tertiary alicyclic amines) is 2. The molecular weight excluding hydrogens is 374 g/mol. The van der Waals surface area contributed by atoms with Crippen molar-refractivity contribution in [3.8, 4) is 5.75 Å². The van der Waals surface area contributed by atoms with E-state index in [4.69, 9.17) is 0 Å². The summed E-state index contributed by atoms with van der Waals surface area (Å²) in [4.78, 5) is 37.0. The first kappa shape index (κ1) is 19.4. The van der Waals surface area contributed by atoms with Crippen LogP contribution in [0.4, 0.5) is 0 Å². The number of amides is 2. The zero-order chi connectivity index (χ0) is 20.6. The lowest BCUT2D eigenvalue weighted by Gasteiger charge is -2.27. The van der Waals surface area contributed by atoms with Crippen LogP contribution in [0.2, 0.25) is 0 Å². The zero-order valence-electron chi connectivity index (χ0n) is 16.4. The third kappa shape index (κ3) is 3.57. The minimum Gasteiger partial charge on any atom is -0.506 e. The molecular formula is C20H25N5O4. The summed E-state index contributed by atoms with van der Waals surface area (Å²) in [7, 11) is 0. The largest absolute Gasteiger partial charge is 0.506 e. The molecule has 2 unspecified atom stereocenters. The Balaban J connectivity index is 1.40. The van der Waals surface area contributed by atoms with Crippen LogP contribution in [-0.4, -0.2) is 79.1 Å². The molecule has 154 valence electrons. The van der Waals surface area contributed by atoms with E-state index < -0.39 is 5.41 Å². The fraction of sp³-hybridized carbons (Fsp3) is 0.500. The van der Waals surface area contributed by atoms with E-state index in [1.807, 2.05) is 22.6 Å². The predicted molar refractivity (Wildman–Crippen MR) is 103 cm³/mol. The number of pyridine rings is 1. The molecule has 29 heavy (non-hydrogen) atoms. The Morgan fingerprint density at radius 1 is 1.24 bits per heavy atom. The van der Waals surface area contributed by atoms with Crippen molar-refractivity contribution in [2.75, 3.05) is 32.8 Å². The van der Waals surface area contributed by atoms with Gasteiger partial charge in [0.05, 0.1) is 18.4 Å². The summed E-state index contributed by atoms with van der Waals surface area (Å²) in [6.07, 6.45) is 6.66. The molecule has 0 bridgehead atoms. The number of nitrogens with zero attached hydrogens (tertiary/aromatic N) is 5. The first-order valence-electron chi connectivity index (χ1n) is 9.71. The molecule has 2 aliphatic rings. The normalized spacial score (nSPS) is 23.4. The molecule has 0 aromatic carbocycles. The molecule has 2 fully saturated rings. The molecule has 0 saturated carbocycles. The quantitative estimate of drug-likeness (QED) is 0.747. The van der Waals surface area contributed by atoms with Gasteiger partial charge in [-0.2, -0.15) is 0 Å². The summed E-state index contributed by atoms with van der Waals surface area (Å²) in [5.74, 6) is 0.677. The zero-order valence-corrected chi connectivity index (χ0v) is 16.4. The van der Waals surface area contributed by atoms with Gasteiger partial charge in [-0.25, -0.2) is 4.98 Å². The van der Waals surface area contributed by atoms with Crippen molar-refractivity contribution < 1.29 is 19.8 Å². The second-order valence-corrected chi connectivity index (χ2v) is 8.03. The Morgan fingerprint density at radius 2 is 2.00 bits per heavy atom. The maximum absolute atomic E-state index is 12.8. The van der Waals surface area contributed by atoms with Crippen LogP contribution in [0.25, 0.3) is 0 Å². The summed E-state index contributed by atoms with van der Waals surface area (Å²) < 4.78 is 1.94. The highest BCUT2D eigenvalue weighted by Crippen LogP contribution is 2.42. The lowest BCUT2D eigenvalue weighted by atomic mass is 9.82. The summed E-state index contributed by atoms with van der Waals surface area (Å²) in [6.45, 7) is 4.23. The monoisotopic (exact) mass is 399 g/mol. The Labute approximate surface area is 168 Å². The highest BCUT2D eigenvalue weighted by Gasteiger charge is 2.54. The number of rotatable bonds is 5. The highest BCUT2D eigenvalue weighted by molar-refractivity contribution is 5.94. The number of aliphatic hydroxyl groups excluding tert-OH is 1. The van der Waals surface area contributed by atoms with E-state index >= 15 is 0 Å². The van der Waals surface area contributed by atoms with E-state index in [0.29, 0.717) is 44.7 Å². The summed E-state index contributed by atoms with van der Waals surface area (Å²) in [5, 5.41) is 19.7. The predicted octanol–water partition coefficient (Wildman–Crippen LogP) is 0.275. The van der Waals surface area contributed by atoms with Crippen LogP contribution < -0.4 is 0 Å². The number of imidazole rings is 1. The number of aromatic hydroxyl groups is 1. The van der Waals surface area contributed by atoms with Crippen molar-refractivity contribution in [3.63, 3.8) is 0 Å². The van der Waals surface area contributed by atoms with Crippen molar-refractivity contribution in [2.45, 2.75) is 19.9 Å². The van der Waals surface area contributed by atoms with Crippen molar-refractivity contribution in [1.29, 1.82) is 0 Å². The van der Waals surface area contributed by atoms with Gasteiger partial charge in [0.2, 0.25) is 5.91 Å². The van der Waals surface area contributed by atoms with E-state index in [1.54, 1.807) is 11.1 Å². The van der Waals surface area contributed by atoms with Gasteiger partial charge < -0.3 is 24.6 Å². The van der Waals surface area contributed by atoms with Crippen LogP contribution in [0.5, 0.6) is 5.75 Å². The van der Waals surface area contributed by atoms with Crippen molar-refractivity contribution in [2.24, 2.45) is 11.3 Å². The van der Waals surface area contributed by atoms with E-state index in [2.05, 4.69) is 9.97 Å². The van der Waals surface area contributed by atoms with Crippen LogP contribution in [0, 0.1) is 18.3 Å². The van der Waals surface area contributed by atoms with Gasteiger partial charge >= 0.3 is 0 Å². The smallest absolute Gasteiger partial charge is 0.255 e. The fourth-order valence-electron chi connectivity index (χ4n) is 4.49. The standard InChI is InChI=1S/C20H25N5O4/c1-14-22-3-5-23(14)4-2-18(28)24-9-16-10-25(12-20(16,11-24)13-26)19(29)15-6-17(27)8-21-7-15/h3,5-8,16,26-27H,2,4,9-13H2,1H3. The lowest BCUT2D eigenvalue weighted by Crippen LogP contribution is -2.40. The topological polar surface area (TPSA) is 112 Å². The molecule has 9 nitrogen and oxygen atoms in total. The van der Waals surface area contributed by atoms with Gasteiger partial charge in [-0.3, -0.25) is 14.6 Å². The van der Waals surface area contributed by atoms with Crippen LogP contribution in [-0.2, 0) is 11.3 Å². The van der Waals surface area contributed by atoms with E-state index in [9.17, 15) is 19.8 Å². The summed E-state index contributed by atoms with van der Waals surface area (Å²) in [6, 6.07) is 1.39. The van der Waals surface area contributed by atoms with E-state index in [0.717, 1.165) is 5.82 Å². The van der Waals surface area contributed by atoms with Crippen molar-refractivity contribution >= 4 is 11.8 Å². The maximum Gasteiger partial charge on any atom is 0.255 e. The number of carbonyl (C=O) groups excluding carboxylic acids is 2. The molecule has 2 N–H and O–H groups in total. The Bertz CT molecular complexity index is 929. The van der Waals surface area contributed by atoms with Crippen LogP contribution in [0.1, 0.15) is 22.6 Å². The number of hydrogen-bond acceptors (Lipinski definition) is 6. The van der Waals surface area contributed by atoms with E-state index in [-0.39, 0.29) is 30.1 Å². The molecule has 9 heteroatoms. The van der Waals surface area contributed by atoms with Gasteiger partial charge in [0.25, 0.3) is 5.91 Å². The Hall–Kier alpha value is -2.94. The first-order chi connectivity index (χ1) is 13.9. The van der Waals surface area contributed by atoms with Crippen molar-refractivity contribution in [1.82, 2.24) is 24.3 Å². The Morgan fingerprint density at radius 3 is 2.66 bits per heavy atom. The number of carbonyl (C=O) groups is 2. The molecule has 0 spiro atoms. The molecule has 2 amide bonds. The average molecular weight is 399 g/mol. The molecule has 2 aromatic rings. The van der Waals surface area contributed by atoms with Crippen molar-refractivity contribution in [3.05, 3.63) is 42.2 Å². The van der Waals surface area contributed by atoms with Gasteiger partial charge in [-0.15, -0.1) is 0 Å². The van der Waals surface area contributed by atoms with Gasteiger partial charge in [-0.1, -0.05) is 0 Å². The Kier molecular flexibility index (Phi) is 4.99. The van der Waals surface area contributed by atoms with Gasteiger partial charge in [0, 0.05) is 69.1 Å². The van der Waals surface area contributed by atoms with Crippen LogP contribution >= 0.6 is 0 Å². The summed E-state index contributed by atoms with van der Waals surface area (Å²) >= 11 is 0. The minimum absolute atomic E-state index is 0.0284. The number of hydrogen-bond donors (Lipinski definition) is 2. The fourth-order valence-corrected chi connectivity index (χ4v) is 4.49. The summed E-state index contributed by atoms with van der Waals surface area (Å²) in [5.41, 5.74) is -0.178. The van der Waals surface area contributed by atoms with Crippen LogP contribution in [0.15, 0.2) is 30.9 Å². The second kappa shape index (κ2) is 7.47. The number of aryl methyl sites for hydroxylation is 2.